The molecule has 2 heterocycles. The molecule has 2 amide bonds. The van der Waals surface area contributed by atoms with Crippen LogP contribution >= 0.6 is 0 Å². The minimum absolute atomic E-state index is 0.0254. The number of hydrogen-bond acceptors (Lipinski definition) is 5. The lowest BCUT2D eigenvalue weighted by atomic mass is 10.1. The molecule has 1 atom stereocenters. The Balaban J connectivity index is 1.74. The zero-order valence-corrected chi connectivity index (χ0v) is 14.4. The molecule has 1 aromatic carbocycles. The number of carbonyl (C=O) groups excluding carboxylic acids is 2. The molecule has 0 radical (unpaired) electrons. The largest absolute Gasteiger partial charge is 0.329 e. The van der Waals surface area contributed by atoms with Gasteiger partial charge < -0.3 is 15.5 Å². The van der Waals surface area contributed by atoms with Gasteiger partial charge in [-0.15, -0.1) is 5.10 Å². The summed E-state index contributed by atoms with van der Waals surface area (Å²) in [6.45, 7) is 5.32. The molecule has 1 saturated heterocycles. The van der Waals surface area contributed by atoms with Crippen molar-refractivity contribution in [1.29, 1.82) is 0 Å². The molecule has 1 unspecified atom stereocenters. The van der Waals surface area contributed by atoms with Gasteiger partial charge in [-0.05, 0) is 26.0 Å². The highest BCUT2D eigenvalue weighted by atomic mass is 16.2. The van der Waals surface area contributed by atoms with Gasteiger partial charge in [-0.3, -0.25) is 14.3 Å². The van der Waals surface area contributed by atoms with Crippen LogP contribution in [0.1, 0.15) is 23.0 Å². The van der Waals surface area contributed by atoms with Crippen LogP contribution in [0.3, 0.4) is 0 Å². The first-order chi connectivity index (χ1) is 12.0. The fourth-order valence-corrected chi connectivity index (χ4v) is 2.88. The average Bonchev–Trinajstić information content (AvgIpc) is 3.06. The highest BCUT2D eigenvalue weighted by molar-refractivity contribution is 6.01. The second-order valence-corrected chi connectivity index (χ2v) is 6.28. The van der Waals surface area contributed by atoms with E-state index in [0.717, 1.165) is 11.3 Å². The minimum atomic E-state index is -0.285. The van der Waals surface area contributed by atoms with E-state index in [0.29, 0.717) is 19.6 Å². The van der Waals surface area contributed by atoms with E-state index >= 15 is 0 Å². The van der Waals surface area contributed by atoms with Crippen LogP contribution in [0.4, 0.5) is 5.69 Å². The molecular formula is C17H22N6O2. The molecule has 25 heavy (non-hydrogen) atoms. The van der Waals surface area contributed by atoms with E-state index in [9.17, 15) is 9.59 Å². The van der Waals surface area contributed by atoms with E-state index in [1.165, 1.54) is 4.68 Å². The molecule has 1 aromatic heterocycles. The molecule has 0 spiro atoms. The van der Waals surface area contributed by atoms with Crippen molar-refractivity contribution in [2.75, 3.05) is 24.5 Å². The van der Waals surface area contributed by atoms with Gasteiger partial charge in [0.25, 0.3) is 5.91 Å². The maximum absolute atomic E-state index is 12.7. The van der Waals surface area contributed by atoms with Crippen LogP contribution in [0.25, 0.3) is 0 Å². The predicted octanol–water partition coefficient (Wildman–Crippen LogP) is 0.423. The molecule has 0 aliphatic carbocycles. The van der Waals surface area contributed by atoms with Crippen LogP contribution in [0.5, 0.6) is 0 Å². The molecule has 8 heteroatoms. The smallest absolute Gasteiger partial charge is 0.276 e. The fourth-order valence-electron chi connectivity index (χ4n) is 2.88. The Morgan fingerprint density at radius 2 is 2.04 bits per heavy atom. The molecule has 8 nitrogen and oxygen atoms in total. The number of amides is 2. The van der Waals surface area contributed by atoms with E-state index in [1.54, 1.807) is 16.0 Å². The normalized spacial score (nSPS) is 17.9. The monoisotopic (exact) mass is 342 g/mol. The van der Waals surface area contributed by atoms with Gasteiger partial charge in [-0.1, -0.05) is 22.9 Å². The number of hydrogen-bond donors (Lipinski definition) is 1. The third kappa shape index (κ3) is 3.53. The number of aromatic nitrogens is 3. The Bertz CT molecular complexity index is 770. The van der Waals surface area contributed by atoms with Crippen LogP contribution in [-0.2, 0) is 11.3 Å². The van der Waals surface area contributed by atoms with Crippen molar-refractivity contribution in [2.45, 2.75) is 26.4 Å². The zero-order chi connectivity index (χ0) is 18.0. The number of nitrogens with two attached hydrogens (primary N) is 1. The quantitative estimate of drug-likeness (QED) is 0.869. The summed E-state index contributed by atoms with van der Waals surface area (Å²) in [6.07, 6.45) is 1.57. The van der Waals surface area contributed by atoms with E-state index in [2.05, 4.69) is 10.3 Å². The van der Waals surface area contributed by atoms with Gasteiger partial charge in [0.05, 0.1) is 12.7 Å². The third-order valence-corrected chi connectivity index (χ3v) is 4.31. The SMILES string of the molecule is Cc1ccc(N2CC(C)N(C(=O)c3cn(CCN)nn3)CC2=O)cc1. The lowest BCUT2D eigenvalue weighted by molar-refractivity contribution is -0.121. The lowest BCUT2D eigenvalue weighted by Crippen LogP contribution is -2.57. The van der Waals surface area contributed by atoms with Gasteiger partial charge >= 0.3 is 0 Å². The predicted molar refractivity (Wildman–Crippen MR) is 93.1 cm³/mol. The topological polar surface area (TPSA) is 97.3 Å². The van der Waals surface area contributed by atoms with Crippen LogP contribution in [0, 0.1) is 6.92 Å². The van der Waals surface area contributed by atoms with Gasteiger partial charge in [0.2, 0.25) is 5.91 Å². The van der Waals surface area contributed by atoms with E-state index in [-0.39, 0.29) is 30.1 Å². The van der Waals surface area contributed by atoms with Crippen LogP contribution in [-0.4, -0.2) is 57.4 Å². The summed E-state index contributed by atoms with van der Waals surface area (Å²) < 4.78 is 1.53. The van der Waals surface area contributed by atoms with Gasteiger partial charge in [0, 0.05) is 24.8 Å². The van der Waals surface area contributed by atoms with E-state index < -0.39 is 0 Å². The van der Waals surface area contributed by atoms with Crippen molar-refractivity contribution < 1.29 is 9.59 Å². The van der Waals surface area contributed by atoms with Crippen molar-refractivity contribution in [1.82, 2.24) is 19.9 Å². The number of anilines is 1. The summed E-state index contributed by atoms with van der Waals surface area (Å²) in [5.41, 5.74) is 7.70. The Hall–Kier alpha value is -2.74. The van der Waals surface area contributed by atoms with Crippen molar-refractivity contribution in [2.24, 2.45) is 5.73 Å². The van der Waals surface area contributed by atoms with Gasteiger partial charge in [0.15, 0.2) is 5.69 Å². The number of benzene rings is 1. The van der Waals surface area contributed by atoms with Gasteiger partial charge in [0.1, 0.15) is 6.54 Å². The zero-order valence-electron chi connectivity index (χ0n) is 14.4. The van der Waals surface area contributed by atoms with Gasteiger partial charge in [-0.2, -0.15) is 0 Å². The highest BCUT2D eigenvalue weighted by Gasteiger charge is 2.34. The van der Waals surface area contributed by atoms with Gasteiger partial charge in [-0.25, -0.2) is 0 Å². The minimum Gasteiger partial charge on any atom is -0.329 e. The van der Waals surface area contributed by atoms with E-state index in [4.69, 9.17) is 5.73 Å². The van der Waals surface area contributed by atoms with E-state index in [1.807, 2.05) is 38.1 Å². The fraction of sp³-hybridized carbons (Fsp3) is 0.412. The molecule has 0 saturated carbocycles. The third-order valence-electron chi connectivity index (χ3n) is 4.31. The highest BCUT2D eigenvalue weighted by Crippen LogP contribution is 2.21. The number of carbonyl (C=O) groups is 2. The summed E-state index contributed by atoms with van der Waals surface area (Å²) in [7, 11) is 0. The first-order valence-electron chi connectivity index (χ1n) is 8.28. The summed E-state index contributed by atoms with van der Waals surface area (Å²) in [5, 5.41) is 7.78. The van der Waals surface area contributed by atoms with Crippen molar-refractivity contribution in [3.8, 4) is 0 Å². The number of nitrogens with zero attached hydrogens (tertiary/aromatic N) is 5. The summed E-state index contributed by atoms with van der Waals surface area (Å²) in [6, 6.07) is 7.68. The molecule has 0 bridgehead atoms. The standard InChI is InChI=1S/C17H22N6O2/c1-12-3-5-14(6-4-12)23-9-13(2)22(11-16(23)24)17(25)15-10-21(8-7-18)20-19-15/h3-6,10,13H,7-9,11,18H2,1-2H3. The second-order valence-electron chi connectivity index (χ2n) is 6.28. The van der Waals surface area contributed by atoms with Crippen LogP contribution in [0.2, 0.25) is 0 Å². The molecule has 3 rings (SSSR count). The Morgan fingerprint density at radius 3 is 2.72 bits per heavy atom. The Morgan fingerprint density at radius 1 is 1.32 bits per heavy atom. The molecule has 2 aromatic rings. The first kappa shape index (κ1) is 17.1. The number of piperazine rings is 1. The molecule has 1 aliphatic heterocycles. The number of aryl methyl sites for hydroxylation is 1. The Labute approximate surface area is 146 Å². The average molecular weight is 342 g/mol. The summed E-state index contributed by atoms with van der Waals surface area (Å²) in [5.74, 6) is -0.391. The molecule has 1 fully saturated rings. The van der Waals surface area contributed by atoms with Crippen molar-refractivity contribution in [3.63, 3.8) is 0 Å². The summed E-state index contributed by atoms with van der Waals surface area (Å²) in [4.78, 5) is 28.5. The molecule has 1 aliphatic rings. The van der Waals surface area contributed by atoms with Crippen LogP contribution < -0.4 is 10.6 Å². The number of rotatable bonds is 4. The summed E-state index contributed by atoms with van der Waals surface area (Å²) >= 11 is 0. The maximum Gasteiger partial charge on any atom is 0.276 e. The van der Waals surface area contributed by atoms with Crippen molar-refractivity contribution in [3.05, 3.63) is 41.7 Å². The maximum atomic E-state index is 12.7. The van der Waals surface area contributed by atoms with Crippen LogP contribution in [0.15, 0.2) is 30.5 Å². The molecular weight excluding hydrogens is 320 g/mol. The molecule has 132 valence electrons. The molecule has 2 N–H and O–H groups in total. The second kappa shape index (κ2) is 7.02. The Kier molecular flexibility index (Phi) is 4.80. The first-order valence-corrected chi connectivity index (χ1v) is 8.28. The lowest BCUT2D eigenvalue weighted by Gasteiger charge is -2.39. The van der Waals surface area contributed by atoms with Crippen molar-refractivity contribution >= 4 is 17.5 Å².